The Balaban J connectivity index is 2.10. The molecule has 0 bridgehead atoms. The molecular formula is C13H9FN4. The molecule has 0 saturated carbocycles. The fourth-order valence-corrected chi connectivity index (χ4v) is 1.71. The van der Waals surface area contributed by atoms with Crippen LogP contribution in [-0.4, -0.2) is 20.2 Å². The summed E-state index contributed by atoms with van der Waals surface area (Å²) in [7, 11) is 0. The van der Waals surface area contributed by atoms with Crippen molar-refractivity contribution >= 4 is 0 Å². The molecule has 18 heavy (non-hydrogen) atoms. The van der Waals surface area contributed by atoms with E-state index in [9.17, 15) is 4.39 Å². The van der Waals surface area contributed by atoms with Gasteiger partial charge in [-0.05, 0) is 46.8 Å². The maximum Gasteiger partial charge on any atom is 0.187 e. The van der Waals surface area contributed by atoms with Crippen molar-refractivity contribution < 1.29 is 4.39 Å². The van der Waals surface area contributed by atoms with E-state index in [-0.39, 0.29) is 5.82 Å². The lowest BCUT2D eigenvalue weighted by molar-refractivity contribution is 0.628. The third kappa shape index (κ3) is 1.86. The summed E-state index contributed by atoms with van der Waals surface area (Å²) in [5.41, 5.74) is 1.63. The zero-order valence-corrected chi connectivity index (χ0v) is 9.36. The number of tetrazole rings is 1. The Morgan fingerprint density at radius 2 is 1.61 bits per heavy atom. The van der Waals surface area contributed by atoms with Gasteiger partial charge in [-0.25, -0.2) is 4.39 Å². The topological polar surface area (TPSA) is 43.6 Å². The Morgan fingerprint density at radius 1 is 0.889 bits per heavy atom. The molecule has 0 unspecified atom stereocenters. The molecule has 1 heterocycles. The van der Waals surface area contributed by atoms with E-state index < -0.39 is 0 Å². The molecule has 0 N–H and O–H groups in total. The van der Waals surface area contributed by atoms with Crippen molar-refractivity contribution in [2.45, 2.75) is 0 Å². The summed E-state index contributed by atoms with van der Waals surface area (Å²) in [6, 6.07) is 15.6. The first kappa shape index (κ1) is 10.6. The molecule has 0 amide bonds. The lowest BCUT2D eigenvalue weighted by Gasteiger charge is -2.03. The fraction of sp³-hybridized carbons (Fsp3) is 0. The van der Waals surface area contributed by atoms with Gasteiger partial charge in [0.1, 0.15) is 5.82 Å². The molecule has 3 rings (SSSR count). The zero-order chi connectivity index (χ0) is 12.4. The number of rotatable bonds is 2. The summed E-state index contributed by atoms with van der Waals surface area (Å²) in [6.45, 7) is 0. The van der Waals surface area contributed by atoms with Crippen LogP contribution in [0.2, 0.25) is 0 Å². The molecule has 0 spiro atoms. The van der Waals surface area contributed by atoms with E-state index in [1.165, 1.54) is 12.1 Å². The largest absolute Gasteiger partial charge is 0.207 e. The van der Waals surface area contributed by atoms with Gasteiger partial charge in [-0.2, -0.15) is 4.68 Å². The molecule has 88 valence electrons. The number of nitrogens with zero attached hydrogens (tertiary/aromatic N) is 4. The number of aromatic nitrogens is 4. The van der Waals surface area contributed by atoms with Crippen molar-refractivity contribution in [2.75, 3.05) is 0 Å². The monoisotopic (exact) mass is 240 g/mol. The van der Waals surface area contributed by atoms with Crippen LogP contribution in [0.15, 0.2) is 54.6 Å². The Bertz CT molecular complexity index is 646. The van der Waals surface area contributed by atoms with Crippen molar-refractivity contribution in [1.29, 1.82) is 0 Å². The standard InChI is InChI=1S/C13H9FN4/c14-11-8-6-10(7-9-11)13-15-16-17-18(13)12-4-2-1-3-5-12/h1-9H. The Kier molecular flexibility index (Phi) is 2.57. The van der Waals surface area contributed by atoms with Gasteiger partial charge < -0.3 is 0 Å². The lowest BCUT2D eigenvalue weighted by atomic mass is 10.2. The number of hydrogen-bond donors (Lipinski definition) is 0. The van der Waals surface area contributed by atoms with Crippen LogP contribution in [0, 0.1) is 5.82 Å². The van der Waals surface area contributed by atoms with Crippen LogP contribution in [-0.2, 0) is 0 Å². The molecule has 3 aromatic rings. The van der Waals surface area contributed by atoms with E-state index in [1.807, 2.05) is 30.3 Å². The summed E-state index contributed by atoms with van der Waals surface area (Å²) in [4.78, 5) is 0. The van der Waals surface area contributed by atoms with Gasteiger partial charge in [0, 0.05) is 5.56 Å². The van der Waals surface area contributed by atoms with Crippen molar-refractivity contribution in [3.8, 4) is 17.1 Å². The highest BCUT2D eigenvalue weighted by molar-refractivity contribution is 5.56. The molecule has 1 aromatic heterocycles. The number of benzene rings is 2. The minimum Gasteiger partial charge on any atom is -0.207 e. The Hall–Kier alpha value is -2.56. The van der Waals surface area contributed by atoms with Crippen molar-refractivity contribution in [3.63, 3.8) is 0 Å². The highest BCUT2D eigenvalue weighted by atomic mass is 19.1. The molecule has 0 atom stereocenters. The van der Waals surface area contributed by atoms with Crippen LogP contribution in [0.1, 0.15) is 0 Å². The summed E-state index contributed by atoms with van der Waals surface area (Å²) in [6.07, 6.45) is 0. The van der Waals surface area contributed by atoms with Crippen molar-refractivity contribution in [1.82, 2.24) is 20.2 Å². The second-order valence-electron chi connectivity index (χ2n) is 3.76. The number of halogens is 1. The van der Waals surface area contributed by atoms with Gasteiger partial charge in [0.2, 0.25) is 0 Å². The highest BCUT2D eigenvalue weighted by Gasteiger charge is 2.10. The van der Waals surface area contributed by atoms with Crippen LogP contribution in [0.3, 0.4) is 0 Å². The highest BCUT2D eigenvalue weighted by Crippen LogP contribution is 2.19. The van der Waals surface area contributed by atoms with Gasteiger partial charge in [-0.1, -0.05) is 18.2 Å². The third-order valence-corrected chi connectivity index (χ3v) is 2.57. The summed E-state index contributed by atoms with van der Waals surface area (Å²) >= 11 is 0. The number of para-hydroxylation sites is 1. The average Bonchev–Trinajstić information content (AvgIpc) is 2.90. The molecule has 0 saturated heterocycles. The maximum atomic E-state index is 12.9. The predicted octanol–water partition coefficient (Wildman–Crippen LogP) is 2.47. The van der Waals surface area contributed by atoms with Crippen LogP contribution in [0.4, 0.5) is 4.39 Å². The van der Waals surface area contributed by atoms with Crippen molar-refractivity contribution in [2.24, 2.45) is 0 Å². The van der Waals surface area contributed by atoms with E-state index >= 15 is 0 Å². The minimum atomic E-state index is -0.280. The summed E-state index contributed by atoms with van der Waals surface area (Å²) < 4.78 is 14.5. The van der Waals surface area contributed by atoms with E-state index in [1.54, 1.807) is 16.8 Å². The minimum absolute atomic E-state index is 0.280. The number of hydrogen-bond acceptors (Lipinski definition) is 3. The molecule has 0 aliphatic heterocycles. The zero-order valence-electron chi connectivity index (χ0n) is 9.36. The van der Waals surface area contributed by atoms with E-state index in [0.717, 1.165) is 11.3 Å². The molecule has 0 aliphatic carbocycles. The van der Waals surface area contributed by atoms with Crippen LogP contribution in [0.5, 0.6) is 0 Å². The molecule has 0 radical (unpaired) electrons. The van der Waals surface area contributed by atoms with E-state index in [0.29, 0.717) is 5.82 Å². The normalized spacial score (nSPS) is 10.5. The van der Waals surface area contributed by atoms with E-state index in [2.05, 4.69) is 15.5 Å². The second kappa shape index (κ2) is 4.37. The Morgan fingerprint density at radius 3 is 2.33 bits per heavy atom. The first-order valence-corrected chi connectivity index (χ1v) is 5.44. The van der Waals surface area contributed by atoms with Gasteiger partial charge in [0.25, 0.3) is 0 Å². The fourth-order valence-electron chi connectivity index (χ4n) is 1.71. The molecule has 4 nitrogen and oxygen atoms in total. The average molecular weight is 240 g/mol. The van der Waals surface area contributed by atoms with Crippen LogP contribution >= 0.6 is 0 Å². The predicted molar refractivity (Wildman–Crippen MR) is 64.5 cm³/mol. The van der Waals surface area contributed by atoms with E-state index in [4.69, 9.17) is 0 Å². The molecule has 2 aromatic carbocycles. The van der Waals surface area contributed by atoms with Gasteiger partial charge in [-0.3, -0.25) is 0 Å². The first-order valence-electron chi connectivity index (χ1n) is 5.44. The molecule has 5 heteroatoms. The summed E-state index contributed by atoms with van der Waals surface area (Å²) in [5, 5.41) is 11.6. The summed E-state index contributed by atoms with van der Waals surface area (Å²) in [5.74, 6) is 0.304. The third-order valence-electron chi connectivity index (χ3n) is 2.57. The maximum absolute atomic E-state index is 12.9. The molecular weight excluding hydrogens is 231 g/mol. The van der Waals surface area contributed by atoms with Gasteiger partial charge in [0.15, 0.2) is 5.82 Å². The SMILES string of the molecule is Fc1ccc(-c2nnnn2-c2ccccc2)cc1. The molecule has 0 aliphatic rings. The smallest absolute Gasteiger partial charge is 0.187 e. The lowest BCUT2D eigenvalue weighted by Crippen LogP contribution is -1.99. The van der Waals surface area contributed by atoms with Crippen LogP contribution < -0.4 is 0 Å². The van der Waals surface area contributed by atoms with Gasteiger partial charge >= 0.3 is 0 Å². The van der Waals surface area contributed by atoms with Gasteiger partial charge in [-0.15, -0.1) is 5.10 Å². The van der Waals surface area contributed by atoms with Crippen LogP contribution in [0.25, 0.3) is 17.1 Å². The Labute approximate surface area is 103 Å². The molecule has 0 fully saturated rings. The van der Waals surface area contributed by atoms with Crippen molar-refractivity contribution in [3.05, 3.63) is 60.4 Å². The first-order chi connectivity index (χ1) is 8.84. The van der Waals surface area contributed by atoms with Gasteiger partial charge in [0.05, 0.1) is 5.69 Å². The second-order valence-corrected chi connectivity index (χ2v) is 3.76. The quantitative estimate of drug-likeness (QED) is 0.691.